The number of nitrogens with two attached hydrogens (primary N) is 1. The Kier molecular flexibility index (Phi) is 3.30. The van der Waals surface area contributed by atoms with Crippen molar-refractivity contribution >= 4 is 17.7 Å². The van der Waals surface area contributed by atoms with E-state index in [1.54, 1.807) is 11.8 Å². The number of carbonyl (C=O) groups is 1. The van der Waals surface area contributed by atoms with Gasteiger partial charge < -0.3 is 5.73 Å². The molecule has 2 aromatic carbocycles. The van der Waals surface area contributed by atoms with Gasteiger partial charge in [-0.05, 0) is 28.7 Å². The average Bonchev–Trinajstić information content (AvgIpc) is 2.76. The van der Waals surface area contributed by atoms with Crippen LogP contribution in [0.25, 0.3) is 11.1 Å². The Balaban J connectivity index is 2.20. The van der Waals surface area contributed by atoms with E-state index < -0.39 is 0 Å². The van der Waals surface area contributed by atoms with E-state index in [-0.39, 0.29) is 10.7 Å². The summed E-state index contributed by atoms with van der Waals surface area (Å²) >= 11 is 1.65. The maximum atomic E-state index is 11.2. The van der Waals surface area contributed by atoms with Gasteiger partial charge >= 0.3 is 0 Å². The summed E-state index contributed by atoms with van der Waals surface area (Å²) < 4.78 is -0.151. The van der Waals surface area contributed by atoms with E-state index in [4.69, 9.17) is 5.73 Å². The lowest BCUT2D eigenvalue weighted by molar-refractivity contribution is -0.115. The average molecular weight is 283 g/mol. The second-order valence-corrected chi connectivity index (χ2v) is 6.30. The van der Waals surface area contributed by atoms with Gasteiger partial charge in [-0.1, -0.05) is 55.5 Å². The zero-order valence-corrected chi connectivity index (χ0v) is 12.2. The summed E-state index contributed by atoms with van der Waals surface area (Å²) in [6.45, 7) is 2.17. The molecule has 2 N–H and O–H groups in total. The smallest absolute Gasteiger partial charge is 0.227 e. The van der Waals surface area contributed by atoms with Crippen molar-refractivity contribution in [1.29, 1.82) is 0 Å². The highest BCUT2D eigenvalue weighted by molar-refractivity contribution is 8.01. The van der Waals surface area contributed by atoms with Gasteiger partial charge in [0.1, 0.15) is 0 Å². The van der Waals surface area contributed by atoms with Crippen molar-refractivity contribution in [2.24, 2.45) is 5.73 Å². The predicted molar refractivity (Wildman–Crippen MR) is 84.6 cm³/mol. The van der Waals surface area contributed by atoms with Crippen molar-refractivity contribution in [3.8, 4) is 11.1 Å². The van der Waals surface area contributed by atoms with Gasteiger partial charge in [-0.2, -0.15) is 0 Å². The molecule has 3 rings (SSSR count). The Labute approximate surface area is 123 Å². The molecule has 0 heterocycles. The Morgan fingerprint density at radius 3 is 2.00 bits per heavy atom. The van der Waals surface area contributed by atoms with Crippen LogP contribution in [0.5, 0.6) is 0 Å². The molecule has 0 aliphatic heterocycles. The quantitative estimate of drug-likeness (QED) is 0.932. The highest BCUT2D eigenvalue weighted by Gasteiger charge is 2.42. The Morgan fingerprint density at radius 1 is 1.05 bits per heavy atom. The van der Waals surface area contributed by atoms with Gasteiger partial charge in [0.2, 0.25) is 5.91 Å². The number of thioether (sulfide) groups is 1. The first-order valence-electron chi connectivity index (χ1n) is 6.80. The van der Waals surface area contributed by atoms with Crippen LogP contribution < -0.4 is 5.73 Å². The molecule has 3 heteroatoms. The number of hydrogen-bond donors (Lipinski definition) is 1. The van der Waals surface area contributed by atoms with Crippen molar-refractivity contribution in [2.75, 3.05) is 5.75 Å². The first kappa shape index (κ1) is 13.3. The molecule has 1 aliphatic carbocycles. The number of amides is 1. The SMILES string of the molecule is CCC1(SCC(N)=O)c2ccccc2-c2ccccc21. The summed E-state index contributed by atoms with van der Waals surface area (Å²) in [5, 5.41) is 0. The molecule has 0 aromatic heterocycles. The minimum absolute atomic E-state index is 0.151. The molecule has 0 fully saturated rings. The Bertz CT molecular complexity index is 620. The summed E-state index contributed by atoms with van der Waals surface area (Å²) in [6, 6.07) is 17.0. The fourth-order valence-electron chi connectivity index (χ4n) is 3.12. The van der Waals surface area contributed by atoms with Crippen LogP contribution in [0.3, 0.4) is 0 Å². The molecule has 0 saturated heterocycles. The van der Waals surface area contributed by atoms with Crippen LogP contribution in [-0.2, 0) is 9.54 Å². The van der Waals surface area contributed by atoms with Gasteiger partial charge in [-0.3, -0.25) is 4.79 Å². The van der Waals surface area contributed by atoms with E-state index in [0.29, 0.717) is 5.75 Å². The molecule has 0 saturated carbocycles. The molecule has 0 atom stereocenters. The van der Waals surface area contributed by atoms with E-state index in [1.807, 2.05) is 0 Å². The van der Waals surface area contributed by atoms with Crippen molar-refractivity contribution in [1.82, 2.24) is 0 Å². The van der Waals surface area contributed by atoms with E-state index in [9.17, 15) is 4.79 Å². The van der Waals surface area contributed by atoms with Crippen molar-refractivity contribution in [3.63, 3.8) is 0 Å². The molecular weight excluding hydrogens is 266 g/mol. The molecular formula is C17H17NOS. The zero-order valence-electron chi connectivity index (χ0n) is 11.4. The van der Waals surface area contributed by atoms with E-state index in [2.05, 4.69) is 55.5 Å². The molecule has 0 bridgehead atoms. The molecule has 0 radical (unpaired) electrons. The first-order valence-corrected chi connectivity index (χ1v) is 7.79. The largest absolute Gasteiger partial charge is 0.369 e. The number of fused-ring (bicyclic) bond motifs is 3. The highest BCUT2D eigenvalue weighted by Crippen LogP contribution is 2.56. The molecule has 20 heavy (non-hydrogen) atoms. The predicted octanol–water partition coefficient (Wildman–Crippen LogP) is 3.54. The summed E-state index contributed by atoms with van der Waals surface area (Å²) in [5.74, 6) is 0.0842. The van der Waals surface area contributed by atoms with Crippen LogP contribution in [0.1, 0.15) is 24.5 Å². The van der Waals surface area contributed by atoms with Gasteiger partial charge in [0.25, 0.3) is 0 Å². The van der Waals surface area contributed by atoms with Crippen LogP contribution in [-0.4, -0.2) is 11.7 Å². The summed E-state index contributed by atoms with van der Waals surface area (Å²) in [6.07, 6.45) is 0.943. The topological polar surface area (TPSA) is 43.1 Å². The van der Waals surface area contributed by atoms with Crippen LogP contribution in [0.2, 0.25) is 0 Å². The molecule has 0 unspecified atom stereocenters. The second kappa shape index (κ2) is 4.98. The van der Waals surface area contributed by atoms with Gasteiger partial charge in [-0.15, -0.1) is 11.8 Å². The van der Waals surface area contributed by atoms with Crippen LogP contribution in [0.15, 0.2) is 48.5 Å². The van der Waals surface area contributed by atoms with Gasteiger partial charge in [0.15, 0.2) is 0 Å². The maximum Gasteiger partial charge on any atom is 0.227 e. The van der Waals surface area contributed by atoms with Gasteiger partial charge in [0.05, 0.1) is 10.5 Å². The fourth-order valence-corrected chi connectivity index (χ4v) is 4.38. The van der Waals surface area contributed by atoms with E-state index in [0.717, 1.165) is 6.42 Å². The lowest BCUT2D eigenvalue weighted by Crippen LogP contribution is -2.24. The van der Waals surface area contributed by atoms with Crippen molar-refractivity contribution in [3.05, 3.63) is 59.7 Å². The second-order valence-electron chi connectivity index (χ2n) is 5.03. The zero-order chi connectivity index (χ0) is 14.2. The third kappa shape index (κ3) is 1.85. The Hall–Kier alpha value is -1.74. The number of hydrogen-bond acceptors (Lipinski definition) is 2. The highest BCUT2D eigenvalue weighted by atomic mass is 32.2. The number of primary amides is 1. The van der Waals surface area contributed by atoms with Crippen LogP contribution in [0, 0.1) is 0 Å². The molecule has 102 valence electrons. The maximum absolute atomic E-state index is 11.2. The summed E-state index contributed by atoms with van der Waals surface area (Å²) in [5.41, 5.74) is 10.5. The Morgan fingerprint density at radius 2 is 1.55 bits per heavy atom. The van der Waals surface area contributed by atoms with Crippen molar-refractivity contribution in [2.45, 2.75) is 18.1 Å². The molecule has 1 amide bonds. The number of carbonyl (C=O) groups excluding carboxylic acids is 1. The normalized spacial score (nSPS) is 14.7. The monoisotopic (exact) mass is 283 g/mol. The molecule has 2 aromatic rings. The standard InChI is InChI=1S/C17H17NOS/c1-2-17(20-11-16(18)19)14-9-5-3-7-12(14)13-8-4-6-10-15(13)17/h3-10H,2,11H2,1H3,(H2,18,19). The van der Waals surface area contributed by atoms with E-state index in [1.165, 1.54) is 22.3 Å². The number of rotatable bonds is 4. The van der Waals surface area contributed by atoms with Crippen LogP contribution >= 0.6 is 11.8 Å². The lowest BCUT2D eigenvalue weighted by atomic mass is 9.93. The number of benzene rings is 2. The van der Waals surface area contributed by atoms with Gasteiger partial charge in [0, 0.05) is 0 Å². The molecule has 1 aliphatic rings. The summed E-state index contributed by atoms with van der Waals surface area (Å²) in [4.78, 5) is 11.2. The summed E-state index contributed by atoms with van der Waals surface area (Å²) in [7, 11) is 0. The first-order chi connectivity index (χ1) is 9.69. The van der Waals surface area contributed by atoms with E-state index >= 15 is 0 Å². The third-order valence-electron chi connectivity index (χ3n) is 3.97. The van der Waals surface area contributed by atoms with Crippen molar-refractivity contribution < 1.29 is 4.79 Å². The minimum atomic E-state index is -0.260. The van der Waals surface area contributed by atoms with Crippen LogP contribution in [0.4, 0.5) is 0 Å². The van der Waals surface area contributed by atoms with Gasteiger partial charge in [-0.25, -0.2) is 0 Å². The lowest BCUT2D eigenvalue weighted by Gasteiger charge is -2.29. The third-order valence-corrected chi connectivity index (χ3v) is 5.62. The fraction of sp³-hybridized carbons (Fsp3) is 0.235. The minimum Gasteiger partial charge on any atom is -0.369 e. The molecule has 2 nitrogen and oxygen atoms in total. The molecule has 0 spiro atoms.